The predicted octanol–water partition coefficient (Wildman–Crippen LogP) is 4.21. The monoisotopic (exact) mass is 528 g/mol. The van der Waals surface area contributed by atoms with E-state index < -0.39 is 5.60 Å². The average Bonchev–Trinajstić information content (AvgIpc) is 2.79. The van der Waals surface area contributed by atoms with E-state index in [4.69, 9.17) is 14.5 Å². The molecule has 0 aliphatic carbocycles. The van der Waals surface area contributed by atoms with Gasteiger partial charge in [0.25, 0.3) is 5.56 Å². The molecule has 0 atom stereocenters. The number of halogens is 1. The summed E-state index contributed by atoms with van der Waals surface area (Å²) < 4.78 is 13.5. The molecule has 0 saturated carbocycles. The largest absolute Gasteiger partial charge is 0.495 e. The fourth-order valence-electron chi connectivity index (χ4n) is 3.99. The minimum Gasteiger partial charge on any atom is -0.495 e. The Balaban J connectivity index is 1.66. The third-order valence-electron chi connectivity index (χ3n) is 5.62. The average molecular weight is 529 g/mol. The van der Waals surface area contributed by atoms with Crippen molar-refractivity contribution in [3.05, 3.63) is 63.1 Å². The third kappa shape index (κ3) is 5.26. The summed E-state index contributed by atoms with van der Waals surface area (Å²) >= 11 is 3.51. The lowest BCUT2D eigenvalue weighted by atomic mass is 10.2. The molecular weight excluding hydrogens is 500 g/mol. The number of aromatic nitrogens is 2. The van der Waals surface area contributed by atoms with Crippen LogP contribution in [-0.2, 0) is 11.3 Å². The molecule has 4 rings (SSSR count). The molecule has 34 heavy (non-hydrogen) atoms. The van der Waals surface area contributed by atoms with Crippen LogP contribution in [0.2, 0.25) is 0 Å². The van der Waals surface area contributed by atoms with Crippen LogP contribution in [0.4, 0.5) is 4.79 Å². The zero-order valence-electron chi connectivity index (χ0n) is 19.9. The summed E-state index contributed by atoms with van der Waals surface area (Å²) in [6.45, 7) is 8.44. The maximum Gasteiger partial charge on any atom is 0.410 e. The van der Waals surface area contributed by atoms with E-state index >= 15 is 0 Å². The maximum atomic E-state index is 13.6. The van der Waals surface area contributed by atoms with Crippen LogP contribution in [0.3, 0.4) is 0 Å². The van der Waals surface area contributed by atoms with Crippen molar-refractivity contribution in [2.75, 3.05) is 33.3 Å². The number of nitrogens with zero attached hydrogens (tertiary/aromatic N) is 4. The molecule has 1 aliphatic rings. The second kappa shape index (κ2) is 9.76. The molecule has 9 heteroatoms. The summed E-state index contributed by atoms with van der Waals surface area (Å²) in [7, 11) is 1.59. The van der Waals surface area contributed by atoms with Crippen LogP contribution in [0.15, 0.2) is 51.7 Å². The van der Waals surface area contributed by atoms with E-state index in [1.54, 1.807) is 22.6 Å². The molecule has 1 aliphatic heterocycles. The smallest absolute Gasteiger partial charge is 0.410 e. The number of methoxy groups -OCH3 is 1. The summed E-state index contributed by atoms with van der Waals surface area (Å²) in [6.07, 6.45) is -0.299. The van der Waals surface area contributed by atoms with Crippen molar-refractivity contribution in [1.82, 2.24) is 19.4 Å². The Morgan fingerprint density at radius 2 is 1.79 bits per heavy atom. The zero-order valence-corrected chi connectivity index (χ0v) is 21.5. The fourth-order valence-corrected chi connectivity index (χ4v) is 4.34. The van der Waals surface area contributed by atoms with Gasteiger partial charge in [-0.2, -0.15) is 0 Å². The predicted molar refractivity (Wildman–Crippen MR) is 135 cm³/mol. The molecule has 1 fully saturated rings. The number of rotatable bonds is 4. The number of para-hydroxylation sites is 1. The number of hydrogen-bond acceptors (Lipinski definition) is 6. The van der Waals surface area contributed by atoms with Gasteiger partial charge in [0, 0.05) is 30.7 Å². The number of benzene rings is 2. The highest BCUT2D eigenvalue weighted by atomic mass is 79.9. The highest BCUT2D eigenvalue weighted by Crippen LogP contribution is 2.27. The van der Waals surface area contributed by atoms with Crippen LogP contribution in [0, 0.1) is 0 Å². The van der Waals surface area contributed by atoms with Gasteiger partial charge in [0.05, 0.1) is 30.2 Å². The summed E-state index contributed by atoms with van der Waals surface area (Å²) in [5.41, 5.74) is 0.606. The minimum atomic E-state index is -0.525. The molecule has 0 spiro atoms. The van der Waals surface area contributed by atoms with Gasteiger partial charge in [-0.1, -0.05) is 28.1 Å². The lowest BCUT2D eigenvalue weighted by molar-refractivity contribution is 0.0136. The highest BCUT2D eigenvalue weighted by Gasteiger charge is 2.27. The van der Waals surface area contributed by atoms with Crippen LogP contribution < -0.4 is 10.3 Å². The van der Waals surface area contributed by atoms with Gasteiger partial charge in [-0.3, -0.25) is 14.3 Å². The van der Waals surface area contributed by atoms with Crippen molar-refractivity contribution < 1.29 is 14.3 Å². The van der Waals surface area contributed by atoms with Crippen LogP contribution in [0.5, 0.6) is 5.75 Å². The van der Waals surface area contributed by atoms with Crippen molar-refractivity contribution in [3.63, 3.8) is 0 Å². The van der Waals surface area contributed by atoms with Gasteiger partial charge in [-0.25, -0.2) is 9.78 Å². The number of carbonyl (C=O) groups excluding carboxylic acids is 1. The molecule has 8 nitrogen and oxygen atoms in total. The molecule has 1 aromatic heterocycles. The van der Waals surface area contributed by atoms with Gasteiger partial charge in [-0.15, -0.1) is 0 Å². The first-order valence-electron chi connectivity index (χ1n) is 11.2. The van der Waals surface area contributed by atoms with Gasteiger partial charge < -0.3 is 14.4 Å². The van der Waals surface area contributed by atoms with Crippen molar-refractivity contribution in [2.45, 2.75) is 32.9 Å². The van der Waals surface area contributed by atoms with E-state index in [9.17, 15) is 9.59 Å². The van der Waals surface area contributed by atoms with Crippen molar-refractivity contribution >= 4 is 32.9 Å². The Hall–Kier alpha value is -2.91. The Labute approximate surface area is 207 Å². The molecule has 1 saturated heterocycles. The van der Waals surface area contributed by atoms with Crippen LogP contribution in [0.25, 0.3) is 16.6 Å². The summed E-state index contributed by atoms with van der Waals surface area (Å²) in [5.74, 6) is 1.20. The first-order valence-corrected chi connectivity index (χ1v) is 12.0. The van der Waals surface area contributed by atoms with E-state index in [-0.39, 0.29) is 11.7 Å². The highest BCUT2D eigenvalue weighted by molar-refractivity contribution is 9.10. The normalized spacial score (nSPS) is 14.9. The van der Waals surface area contributed by atoms with Gasteiger partial charge in [0.15, 0.2) is 0 Å². The molecular formula is C25H29BrN4O4. The molecule has 0 bridgehead atoms. The molecule has 180 valence electrons. The lowest BCUT2D eigenvalue weighted by Crippen LogP contribution is -2.50. The Kier molecular flexibility index (Phi) is 6.95. The van der Waals surface area contributed by atoms with Gasteiger partial charge in [-0.05, 0) is 51.1 Å². The second-order valence-electron chi connectivity index (χ2n) is 9.25. The second-order valence-corrected chi connectivity index (χ2v) is 10.2. The van der Waals surface area contributed by atoms with Gasteiger partial charge in [0.1, 0.15) is 17.2 Å². The summed E-state index contributed by atoms with van der Waals surface area (Å²) in [6, 6.07) is 12.9. The van der Waals surface area contributed by atoms with Gasteiger partial charge >= 0.3 is 6.09 Å². The lowest BCUT2D eigenvalue weighted by Gasteiger charge is -2.35. The number of ether oxygens (including phenoxy) is 2. The molecule has 0 N–H and O–H groups in total. The topological polar surface area (TPSA) is 76.9 Å². The van der Waals surface area contributed by atoms with Crippen LogP contribution in [0.1, 0.15) is 26.6 Å². The maximum absolute atomic E-state index is 13.6. The Morgan fingerprint density at radius 1 is 1.09 bits per heavy atom. The molecule has 2 aromatic carbocycles. The van der Waals surface area contributed by atoms with E-state index in [2.05, 4.69) is 20.8 Å². The summed E-state index contributed by atoms with van der Waals surface area (Å²) in [4.78, 5) is 34.8. The zero-order chi connectivity index (χ0) is 24.5. The summed E-state index contributed by atoms with van der Waals surface area (Å²) in [5, 5.41) is 0.544. The van der Waals surface area contributed by atoms with E-state index in [1.165, 1.54) is 0 Å². The molecule has 3 aromatic rings. The third-order valence-corrected chi connectivity index (χ3v) is 6.11. The molecule has 2 heterocycles. The van der Waals surface area contributed by atoms with Crippen molar-refractivity contribution in [2.24, 2.45) is 0 Å². The molecule has 0 radical (unpaired) electrons. The Morgan fingerprint density at radius 3 is 2.47 bits per heavy atom. The quantitative estimate of drug-likeness (QED) is 0.504. The number of piperazine rings is 1. The van der Waals surface area contributed by atoms with Gasteiger partial charge in [0.2, 0.25) is 0 Å². The van der Waals surface area contributed by atoms with Crippen LogP contribution >= 0.6 is 15.9 Å². The standard InChI is InChI=1S/C25H29BrN4O4/c1-25(2,3)34-24(32)29-13-11-28(12-14-29)16-22-27-19-8-6-5-7-18(19)23(31)30(22)20-15-17(26)9-10-21(20)33-4/h5-10,15H,11-14,16H2,1-4H3. The number of carbonyl (C=O) groups is 1. The molecule has 0 unspecified atom stereocenters. The van der Waals surface area contributed by atoms with Crippen molar-refractivity contribution in [1.29, 1.82) is 0 Å². The fraction of sp³-hybridized carbons (Fsp3) is 0.400. The van der Waals surface area contributed by atoms with E-state index in [0.717, 1.165) is 4.47 Å². The van der Waals surface area contributed by atoms with E-state index in [0.29, 0.717) is 60.9 Å². The first kappa shape index (κ1) is 24.2. The number of fused-ring (bicyclic) bond motifs is 1. The molecule has 1 amide bonds. The number of hydrogen-bond donors (Lipinski definition) is 0. The SMILES string of the molecule is COc1ccc(Br)cc1-n1c(CN2CCN(C(=O)OC(C)(C)C)CC2)nc2ccccc2c1=O. The van der Waals surface area contributed by atoms with Crippen LogP contribution in [-0.4, -0.2) is 64.3 Å². The Bertz CT molecular complexity index is 1260. The van der Waals surface area contributed by atoms with Crippen molar-refractivity contribution in [3.8, 4) is 11.4 Å². The first-order chi connectivity index (χ1) is 16.2. The minimum absolute atomic E-state index is 0.149. The van der Waals surface area contributed by atoms with E-state index in [1.807, 2.05) is 57.2 Å². The number of amides is 1.